The van der Waals surface area contributed by atoms with Gasteiger partial charge in [0.25, 0.3) is 0 Å². The Kier molecular flexibility index (Phi) is 4.22. The van der Waals surface area contributed by atoms with Gasteiger partial charge in [-0.1, -0.05) is 18.6 Å². The highest BCUT2D eigenvalue weighted by Gasteiger charge is 2.01. The van der Waals surface area contributed by atoms with Crippen molar-refractivity contribution in [3.8, 4) is 0 Å². The summed E-state index contributed by atoms with van der Waals surface area (Å²) >= 11 is 0. The second kappa shape index (κ2) is 5.44. The van der Waals surface area contributed by atoms with Crippen LogP contribution in [0.4, 0.5) is 0 Å². The first-order valence-corrected chi connectivity index (χ1v) is 5.23. The van der Waals surface area contributed by atoms with E-state index >= 15 is 0 Å². The minimum absolute atomic E-state index is 0.117. The number of hydrogen-bond acceptors (Lipinski definition) is 2. The molecule has 0 bridgehead atoms. The molecule has 0 fully saturated rings. The smallest absolute Gasteiger partial charge is 0.161 e. The average molecular weight is 203 g/mol. The molecular weight excluding hydrogens is 186 g/mol. The van der Waals surface area contributed by atoms with E-state index < -0.39 is 0 Å². The maximum atomic E-state index is 11.5. The van der Waals surface area contributed by atoms with Crippen molar-refractivity contribution in [2.75, 3.05) is 0 Å². The quantitative estimate of drug-likeness (QED) is 0.704. The highest BCUT2D eigenvalue weighted by Crippen LogP contribution is 2.03. The van der Waals surface area contributed by atoms with Gasteiger partial charge in [0, 0.05) is 11.9 Å². The minimum Gasteiger partial charge on any atom is -0.294 e. The van der Waals surface area contributed by atoms with Gasteiger partial charge in [-0.25, -0.2) is 0 Å². The van der Waals surface area contributed by atoms with Crippen molar-refractivity contribution in [3.05, 3.63) is 41.2 Å². The van der Waals surface area contributed by atoms with Gasteiger partial charge in [0.2, 0.25) is 0 Å². The monoisotopic (exact) mass is 203 g/mol. The van der Waals surface area contributed by atoms with Gasteiger partial charge in [-0.05, 0) is 38.0 Å². The molecule has 0 atom stereocenters. The molecule has 0 unspecified atom stereocenters. The number of ketones is 1. The van der Waals surface area contributed by atoms with Crippen molar-refractivity contribution in [1.29, 1.82) is 0 Å². The first-order valence-electron chi connectivity index (χ1n) is 5.23. The van der Waals surface area contributed by atoms with Crippen molar-refractivity contribution in [2.45, 2.75) is 33.6 Å². The Bertz CT molecular complexity index is 359. The Morgan fingerprint density at radius 1 is 1.40 bits per heavy atom. The Balaban J connectivity index is 2.65. The van der Waals surface area contributed by atoms with E-state index in [1.807, 2.05) is 32.2 Å². The molecule has 0 saturated carbocycles. The van der Waals surface area contributed by atoms with Crippen LogP contribution in [0.25, 0.3) is 0 Å². The van der Waals surface area contributed by atoms with E-state index in [9.17, 15) is 4.79 Å². The molecule has 0 aliphatic rings. The fourth-order valence-corrected chi connectivity index (χ4v) is 1.32. The van der Waals surface area contributed by atoms with Crippen LogP contribution in [0.15, 0.2) is 30.0 Å². The predicted octanol–water partition coefficient (Wildman–Crippen LogP) is 2.72. The summed E-state index contributed by atoms with van der Waals surface area (Å²) in [6.07, 6.45) is 4.88. The molecule has 1 heterocycles. The Morgan fingerprint density at radius 3 is 2.60 bits per heavy atom. The summed E-state index contributed by atoms with van der Waals surface area (Å²) in [5.74, 6) is 0.117. The molecular formula is C13H17NO. The molecule has 0 amide bonds. The van der Waals surface area contributed by atoms with Crippen molar-refractivity contribution in [3.63, 3.8) is 0 Å². The standard InChI is InChI=1S/C13H17NO/c1-4-11-5-6-12(14-9-11)8-13(15)7-10(2)3/h5-7,9H,4,8H2,1-3H3. The van der Waals surface area contributed by atoms with E-state index in [0.717, 1.165) is 17.7 Å². The summed E-state index contributed by atoms with van der Waals surface area (Å²) in [7, 11) is 0. The van der Waals surface area contributed by atoms with E-state index in [4.69, 9.17) is 0 Å². The number of pyridine rings is 1. The van der Waals surface area contributed by atoms with Gasteiger partial charge in [0.1, 0.15) is 0 Å². The summed E-state index contributed by atoms with van der Waals surface area (Å²) in [5.41, 5.74) is 3.08. The first-order chi connectivity index (χ1) is 7.11. The zero-order valence-electron chi connectivity index (χ0n) is 9.58. The second-order valence-electron chi connectivity index (χ2n) is 3.88. The Morgan fingerprint density at radius 2 is 2.13 bits per heavy atom. The van der Waals surface area contributed by atoms with E-state index in [1.54, 1.807) is 6.08 Å². The largest absolute Gasteiger partial charge is 0.294 e. The maximum Gasteiger partial charge on any atom is 0.161 e. The lowest BCUT2D eigenvalue weighted by atomic mass is 10.1. The van der Waals surface area contributed by atoms with Crippen LogP contribution in [0.5, 0.6) is 0 Å². The predicted molar refractivity (Wildman–Crippen MR) is 61.8 cm³/mol. The molecule has 80 valence electrons. The second-order valence-corrected chi connectivity index (χ2v) is 3.88. The third-order valence-corrected chi connectivity index (χ3v) is 2.10. The molecule has 0 radical (unpaired) electrons. The normalized spacial score (nSPS) is 9.80. The van der Waals surface area contributed by atoms with Gasteiger partial charge in [0.05, 0.1) is 6.42 Å². The minimum atomic E-state index is 0.117. The molecule has 0 saturated heterocycles. The maximum absolute atomic E-state index is 11.5. The molecule has 0 spiro atoms. The molecule has 1 rings (SSSR count). The van der Waals surface area contributed by atoms with Crippen LogP contribution in [-0.4, -0.2) is 10.8 Å². The van der Waals surface area contributed by atoms with Crippen LogP contribution in [0.3, 0.4) is 0 Å². The third kappa shape index (κ3) is 4.07. The van der Waals surface area contributed by atoms with Crippen LogP contribution in [0.2, 0.25) is 0 Å². The number of nitrogens with zero attached hydrogens (tertiary/aromatic N) is 1. The summed E-state index contributed by atoms with van der Waals surface area (Å²) in [5, 5.41) is 0. The molecule has 0 N–H and O–H groups in total. The third-order valence-electron chi connectivity index (χ3n) is 2.10. The number of allylic oxidation sites excluding steroid dienone is 2. The van der Waals surface area contributed by atoms with Crippen molar-refractivity contribution in [2.24, 2.45) is 0 Å². The highest BCUT2D eigenvalue weighted by molar-refractivity contribution is 5.91. The Labute approximate surface area is 91.0 Å². The number of carbonyl (C=O) groups is 1. The molecule has 2 nitrogen and oxygen atoms in total. The van der Waals surface area contributed by atoms with Gasteiger partial charge in [0.15, 0.2) is 5.78 Å². The summed E-state index contributed by atoms with van der Waals surface area (Å²) in [6.45, 7) is 5.93. The molecule has 1 aromatic heterocycles. The van der Waals surface area contributed by atoms with Gasteiger partial charge in [-0.2, -0.15) is 0 Å². The molecule has 2 heteroatoms. The van der Waals surface area contributed by atoms with Crippen LogP contribution in [0, 0.1) is 0 Å². The van der Waals surface area contributed by atoms with Gasteiger partial charge < -0.3 is 0 Å². The highest BCUT2D eigenvalue weighted by atomic mass is 16.1. The van der Waals surface area contributed by atoms with Gasteiger partial charge in [-0.15, -0.1) is 0 Å². The van der Waals surface area contributed by atoms with Crippen LogP contribution >= 0.6 is 0 Å². The zero-order chi connectivity index (χ0) is 11.3. The van der Waals surface area contributed by atoms with E-state index in [2.05, 4.69) is 11.9 Å². The number of carbonyl (C=O) groups excluding carboxylic acids is 1. The average Bonchev–Trinajstić information content (AvgIpc) is 2.17. The topological polar surface area (TPSA) is 30.0 Å². The summed E-state index contributed by atoms with van der Waals surface area (Å²) < 4.78 is 0. The molecule has 1 aromatic rings. The van der Waals surface area contributed by atoms with Crippen LogP contribution in [0.1, 0.15) is 32.0 Å². The lowest BCUT2D eigenvalue weighted by molar-refractivity contribution is -0.114. The van der Waals surface area contributed by atoms with E-state index in [1.165, 1.54) is 5.56 Å². The fraction of sp³-hybridized carbons (Fsp3) is 0.385. The van der Waals surface area contributed by atoms with E-state index in [-0.39, 0.29) is 5.78 Å². The van der Waals surface area contributed by atoms with Crippen LogP contribution < -0.4 is 0 Å². The van der Waals surface area contributed by atoms with Crippen LogP contribution in [-0.2, 0) is 17.6 Å². The molecule has 0 aromatic carbocycles. The first kappa shape index (κ1) is 11.6. The van der Waals surface area contributed by atoms with Gasteiger partial charge in [-0.3, -0.25) is 9.78 Å². The van der Waals surface area contributed by atoms with Crippen molar-refractivity contribution >= 4 is 5.78 Å². The van der Waals surface area contributed by atoms with Crippen molar-refractivity contribution < 1.29 is 4.79 Å². The Hall–Kier alpha value is -1.44. The number of rotatable bonds is 4. The summed E-state index contributed by atoms with van der Waals surface area (Å²) in [4.78, 5) is 15.7. The van der Waals surface area contributed by atoms with Crippen molar-refractivity contribution in [1.82, 2.24) is 4.98 Å². The lowest BCUT2D eigenvalue weighted by Gasteiger charge is -1.99. The molecule has 0 aliphatic heterocycles. The molecule has 0 aliphatic carbocycles. The number of aryl methyl sites for hydroxylation is 1. The van der Waals surface area contributed by atoms with Gasteiger partial charge >= 0.3 is 0 Å². The fourth-order valence-electron chi connectivity index (χ4n) is 1.32. The number of aromatic nitrogens is 1. The lowest BCUT2D eigenvalue weighted by Crippen LogP contribution is -2.01. The molecule has 15 heavy (non-hydrogen) atoms. The van der Waals surface area contributed by atoms with E-state index in [0.29, 0.717) is 6.42 Å². The number of hydrogen-bond donors (Lipinski definition) is 0. The SMILES string of the molecule is CCc1ccc(CC(=O)C=C(C)C)nc1. The summed E-state index contributed by atoms with van der Waals surface area (Å²) in [6, 6.07) is 3.95. The zero-order valence-corrected chi connectivity index (χ0v) is 9.58.